The van der Waals surface area contributed by atoms with Gasteiger partial charge < -0.3 is 4.74 Å². The summed E-state index contributed by atoms with van der Waals surface area (Å²) in [6.45, 7) is 3.44. The molecule has 3 nitrogen and oxygen atoms in total. The summed E-state index contributed by atoms with van der Waals surface area (Å²) < 4.78 is 32.4. The van der Waals surface area contributed by atoms with E-state index in [1.165, 1.54) is 6.92 Å². The van der Waals surface area contributed by atoms with Crippen molar-refractivity contribution >= 4 is 0 Å². The SMILES string of the molecule is COC(C)CCC(NN)c1ccc(C)c(F)c1F. The number of hydrogen-bond donors (Lipinski definition) is 2. The van der Waals surface area contributed by atoms with Crippen LogP contribution in [0.25, 0.3) is 0 Å². The lowest BCUT2D eigenvalue weighted by atomic mass is 9.99. The Bertz CT molecular complexity index is 399. The molecule has 3 N–H and O–H groups in total. The zero-order valence-corrected chi connectivity index (χ0v) is 11.0. The maximum absolute atomic E-state index is 13.8. The summed E-state index contributed by atoms with van der Waals surface area (Å²) in [6.07, 6.45) is 1.34. The Balaban J connectivity index is 2.85. The number of ether oxygens (including phenoxy) is 1. The van der Waals surface area contributed by atoms with Crippen molar-refractivity contribution in [3.8, 4) is 0 Å². The minimum absolute atomic E-state index is 0.0548. The molecule has 0 fully saturated rings. The molecule has 0 aromatic heterocycles. The van der Waals surface area contributed by atoms with Gasteiger partial charge in [-0.1, -0.05) is 12.1 Å². The molecule has 102 valence electrons. The highest BCUT2D eigenvalue weighted by molar-refractivity contribution is 5.27. The van der Waals surface area contributed by atoms with Gasteiger partial charge >= 0.3 is 0 Å². The highest BCUT2D eigenvalue weighted by Gasteiger charge is 2.19. The van der Waals surface area contributed by atoms with Gasteiger partial charge in [0.05, 0.1) is 6.10 Å². The third-order valence-electron chi connectivity index (χ3n) is 3.15. The van der Waals surface area contributed by atoms with Crippen molar-refractivity contribution in [2.24, 2.45) is 5.84 Å². The van der Waals surface area contributed by atoms with Gasteiger partial charge in [-0.25, -0.2) is 8.78 Å². The minimum atomic E-state index is -0.831. The number of halogens is 2. The van der Waals surface area contributed by atoms with Crippen LogP contribution in [0.15, 0.2) is 12.1 Å². The molecule has 0 amide bonds. The van der Waals surface area contributed by atoms with Crippen molar-refractivity contribution in [2.75, 3.05) is 7.11 Å². The van der Waals surface area contributed by atoms with Gasteiger partial charge in [-0.15, -0.1) is 0 Å². The molecule has 18 heavy (non-hydrogen) atoms. The van der Waals surface area contributed by atoms with Crippen LogP contribution in [0.2, 0.25) is 0 Å². The second-order valence-electron chi connectivity index (χ2n) is 4.44. The van der Waals surface area contributed by atoms with Gasteiger partial charge in [0, 0.05) is 18.7 Å². The summed E-state index contributed by atoms with van der Waals surface area (Å²) in [7, 11) is 1.61. The predicted molar refractivity (Wildman–Crippen MR) is 66.9 cm³/mol. The number of nitrogens with one attached hydrogen (secondary N) is 1. The van der Waals surface area contributed by atoms with E-state index in [9.17, 15) is 8.78 Å². The maximum Gasteiger partial charge on any atom is 0.163 e. The lowest BCUT2D eigenvalue weighted by Crippen LogP contribution is -2.29. The van der Waals surface area contributed by atoms with Crippen LogP contribution in [-0.4, -0.2) is 13.2 Å². The normalized spacial score (nSPS) is 14.6. The number of rotatable bonds is 6. The smallest absolute Gasteiger partial charge is 0.163 e. The van der Waals surface area contributed by atoms with E-state index in [0.717, 1.165) is 0 Å². The van der Waals surface area contributed by atoms with Crippen LogP contribution >= 0.6 is 0 Å². The number of hydrazine groups is 1. The lowest BCUT2D eigenvalue weighted by Gasteiger charge is -2.19. The molecule has 2 atom stereocenters. The van der Waals surface area contributed by atoms with Crippen LogP contribution in [-0.2, 0) is 4.74 Å². The van der Waals surface area contributed by atoms with E-state index < -0.39 is 17.7 Å². The third kappa shape index (κ3) is 3.48. The molecule has 0 radical (unpaired) electrons. The van der Waals surface area contributed by atoms with Crippen LogP contribution < -0.4 is 11.3 Å². The van der Waals surface area contributed by atoms with Gasteiger partial charge in [0.2, 0.25) is 0 Å². The van der Waals surface area contributed by atoms with Gasteiger partial charge in [0.1, 0.15) is 0 Å². The first-order valence-electron chi connectivity index (χ1n) is 5.94. The van der Waals surface area contributed by atoms with E-state index >= 15 is 0 Å². The van der Waals surface area contributed by atoms with Gasteiger partial charge in [-0.3, -0.25) is 11.3 Å². The molecular weight excluding hydrogens is 238 g/mol. The predicted octanol–water partition coefficient (Wildman–Crippen LogP) is 2.59. The van der Waals surface area contributed by atoms with Crippen LogP contribution in [0, 0.1) is 18.6 Å². The van der Waals surface area contributed by atoms with Gasteiger partial charge in [0.15, 0.2) is 11.6 Å². The van der Waals surface area contributed by atoms with Gasteiger partial charge in [-0.05, 0) is 32.3 Å². The van der Waals surface area contributed by atoms with Crippen molar-refractivity contribution in [1.82, 2.24) is 5.43 Å². The Morgan fingerprint density at radius 3 is 2.50 bits per heavy atom. The molecule has 1 aromatic rings. The second kappa shape index (κ2) is 6.78. The summed E-state index contributed by atoms with van der Waals surface area (Å²) in [5.41, 5.74) is 3.07. The van der Waals surface area contributed by atoms with Crippen LogP contribution in [0.1, 0.15) is 36.9 Å². The molecule has 0 saturated carbocycles. The molecule has 2 unspecified atom stereocenters. The summed E-state index contributed by atoms with van der Waals surface area (Å²) in [5, 5.41) is 0. The monoisotopic (exact) mass is 258 g/mol. The molecule has 1 rings (SSSR count). The minimum Gasteiger partial charge on any atom is -0.382 e. The van der Waals surface area contributed by atoms with Crippen LogP contribution in [0.5, 0.6) is 0 Å². The molecule has 0 aliphatic carbocycles. The number of benzene rings is 1. The summed E-state index contributed by atoms with van der Waals surface area (Å²) in [6, 6.07) is 2.70. The van der Waals surface area contributed by atoms with E-state index in [2.05, 4.69) is 5.43 Å². The van der Waals surface area contributed by atoms with E-state index in [0.29, 0.717) is 12.8 Å². The quantitative estimate of drug-likeness (QED) is 0.609. The van der Waals surface area contributed by atoms with Crippen molar-refractivity contribution in [3.05, 3.63) is 34.9 Å². The summed E-state index contributed by atoms with van der Waals surface area (Å²) >= 11 is 0. The first kappa shape index (κ1) is 15.0. The van der Waals surface area contributed by atoms with Crippen LogP contribution in [0.3, 0.4) is 0 Å². The molecule has 0 heterocycles. The number of nitrogens with two attached hydrogens (primary N) is 1. The van der Waals surface area contributed by atoms with E-state index in [1.54, 1.807) is 19.2 Å². The van der Waals surface area contributed by atoms with E-state index in [1.807, 2.05) is 6.92 Å². The topological polar surface area (TPSA) is 47.3 Å². The van der Waals surface area contributed by atoms with Crippen molar-refractivity contribution in [3.63, 3.8) is 0 Å². The Labute approximate surface area is 106 Å². The van der Waals surface area contributed by atoms with Crippen molar-refractivity contribution in [1.29, 1.82) is 0 Å². The molecule has 0 aliphatic rings. The molecule has 0 aliphatic heterocycles. The largest absolute Gasteiger partial charge is 0.382 e. The number of aryl methyl sites for hydroxylation is 1. The van der Waals surface area contributed by atoms with E-state index in [4.69, 9.17) is 10.6 Å². The third-order valence-corrected chi connectivity index (χ3v) is 3.15. The van der Waals surface area contributed by atoms with Gasteiger partial charge in [0.25, 0.3) is 0 Å². The maximum atomic E-state index is 13.8. The second-order valence-corrected chi connectivity index (χ2v) is 4.44. The fourth-order valence-electron chi connectivity index (χ4n) is 1.78. The molecule has 0 spiro atoms. The first-order chi connectivity index (χ1) is 8.51. The molecule has 0 bridgehead atoms. The lowest BCUT2D eigenvalue weighted by molar-refractivity contribution is 0.106. The Kier molecular flexibility index (Phi) is 5.65. The molecule has 1 aromatic carbocycles. The zero-order valence-electron chi connectivity index (χ0n) is 11.0. The highest BCUT2D eigenvalue weighted by atomic mass is 19.2. The number of hydrogen-bond acceptors (Lipinski definition) is 3. The average Bonchev–Trinajstić information content (AvgIpc) is 2.38. The Morgan fingerprint density at radius 2 is 1.94 bits per heavy atom. The number of methoxy groups -OCH3 is 1. The van der Waals surface area contributed by atoms with E-state index in [-0.39, 0.29) is 17.2 Å². The standard InChI is InChI=1S/C13H20F2N2O/c1-8-4-6-10(13(15)12(8)14)11(17-16)7-5-9(2)18-3/h4,6,9,11,17H,5,7,16H2,1-3H3. The van der Waals surface area contributed by atoms with Gasteiger partial charge in [-0.2, -0.15) is 0 Å². The fraction of sp³-hybridized carbons (Fsp3) is 0.538. The summed E-state index contributed by atoms with van der Waals surface area (Å²) in [5.74, 6) is 3.77. The Hall–Kier alpha value is -1.04. The zero-order chi connectivity index (χ0) is 13.7. The fourth-order valence-corrected chi connectivity index (χ4v) is 1.78. The molecule has 0 saturated heterocycles. The molecular formula is C13H20F2N2O. The Morgan fingerprint density at radius 1 is 1.28 bits per heavy atom. The average molecular weight is 258 g/mol. The first-order valence-corrected chi connectivity index (χ1v) is 5.94. The van der Waals surface area contributed by atoms with Crippen molar-refractivity contribution in [2.45, 2.75) is 38.8 Å². The van der Waals surface area contributed by atoms with Crippen LogP contribution in [0.4, 0.5) is 8.78 Å². The highest BCUT2D eigenvalue weighted by Crippen LogP contribution is 2.25. The molecule has 5 heteroatoms. The summed E-state index contributed by atoms with van der Waals surface area (Å²) in [4.78, 5) is 0. The van der Waals surface area contributed by atoms with Crippen molar-refractivity contribution < 1.29 is 13.5 Å².